The highest BCUT2D eigenvalue weighted by Crippen LogP contribution is 2.32. The third-order valence-electron chi connectivity index (χ3n) is 3.29. The van der Waals surface area contributed by atoms with Crippen LogP contribution >= 0.6 is 11.8 Å². The summed E-state index contributed by atoms with van der Waals surface area (Å²) in [4.78, 5) is 5.13. The molecular formula is C17H22N2OS. The van der Waals surface area contributed by atoms with Crippen molar-refractivity contribution in [2.45, 2.75) is 36.8 Å². The van der Waals surface area contributed by atoms with Crippen molar-refractivity contribution in [1.82, 2.24) is 4.98 Å². The predicted octanol–water partition coefficient (Wildman–Crippen LogP) is 4.26. The summed E-state index contributed by atoms with van der Waals surface area (Å²) in [6.07, 6.45) is 1.77. The Morgan fingerprint density at radius 2 is 1.86 bits per heavy atom. The highest BCUT2D eigenvalue weighted by Gasteiger charge is 2.13. The summed E-state index contributed by atoms with van der Waals surface area (Å²) in [6, 6.07) is 10.5. The van der Waals surface area contributed by atoms with Crippen LogP contribution in [0.25, 0.3) is 0 Å². The first-order valence-electron chi connectivity index (χ1n) is 6.92. The van der Waals surface area contributed by atoms with E-state index < -0.39 is 0 Å². The molecule has 0 aliphatic heterocycles. The molecular weight excluding hydrogens is 280 g/mol. The summed E-state index contributed by atoms with van der Waals surface area (Å²) in [5.41, 5.74) is 8.49. The molecule has 1 heterocycles. The molecule has 0 atom stereocenters. The molecule has 112 valence electrons. The largest absolute Gasteiger partial charge is 0.495 e. The fourth-order valence-electron chi connectivity index (χ4n) is 1.97. The molecule has 0 saturated heterocycles. The van der Waals surface area contributed by atoms with Crippen LogP contribution in [0.15, 0.2) is 41.4 Å². The van der Waals surface area contributed by atoms with Gasteiger partial charge in [-0.2, -0.15) is 0 Å². The molecule has 2 N–H and O–H groups in total. The van der Waals surface area contributed by atoms with Crippen molar-refractivity contribution in [3.8, 4) is 5.75 Å². The minimum atomic E-state index is 0.190. The molecule has 0 spiro atoms. The number of hydrogen-bond acceptors (Lipinski definition) is 4. The van der Waals surface area contributed by atoms with Gasteiger partial charge in [-0.25, -0.2) is 4.98 Å². The van der Waals surface area contributed by atoms with Crippen molar-refractivity contribution in [3.05, 3.63) is 47.7 Å². The molecule has 2 aromatic rings. The Morgan fingerprint density at radius 1 is 1.19 bits per heavy atom. The predicted molar refractivity (Wildman–Crippen MR) is 89.9 cm³/mol. The molecule has 2 rings (SSSR count). The number of pyridine rings is 1. The van der Waals surface area contributed by atoms with Crippen LogP contribution in [-0.4, -0.2) is 12.1 Å². The molecule has 0 aliphatic rings. The van der Waals surface area contributed by atoms with Gasteiger partial charge in [-0.05, 0) is 16.5 Å². The van der Waals surface area contributed by atoms with Crippen LogP contribution in [0.4, 0.5) is 5.82 Å². The third kappa shape index (κ3) is 4.14. The molecule has 0 amide bonds. The van der Waals surface area contributed by atoms with Crippen LogP contribution in [0, 0.1) is 0 Å². The number of benzene rings is 1. The maximum Gasteiger partial charge on any atom is 0.137 e. The Hall–Kier alpha value is -1.68. The molecule has 4 heteroatoms. The lowest BCUT2D eigenvalue weighted by molar-refractivity contribution is 0.404. The van der Waals surface area contributed by atoms with Gasteiger partial charge in [0.15, 0.2) is 0 Å². The van der Waals surface area contributed by atoms with Crippen molar-refractivity contribution in [2.75, 3.05) is 12.8 Å². The summed E-state index contributed by atoms with van der Waals surface area (Å²) in [7, 11) is 1.65. The maximum atomic E-state index is 5.67. The Bertz CT molecular complexity index is 603. The van der Waals surface area contributed by atoms with E-state index in [-0.39, 0.29) is 5.41 Å². The van der Waals surface area contributed by atoms with Crippen molar-refractivity contribution >= 4 is 17.6 Å². The van der Waals surface area contributed by atoms with Crippen molar-refractivity contribution in [3.63, 3.8) is 0 Å². The standard InChI is InChI=1S/C17H22N2OS/c1-17(2,3)13-7-5-12(6-8-13)11-21-15-10-19-16(18)9-14(15)20-4/h5-10H,11H2,1-4H3,(H2,18,19). The van der Waals surface area contributed by atoms with Gasteiger partial charge < -0.3 is 10.5 Å². The number of rotatable bonds is 4. The number of aromatic nitrogens is 1. The van der Waals surface area contributed by atoms with Crippen LogP contribution in [0.1, 0.15) is 31.9 Å². The minimum absolute atomic E-state index is 0.190. The Labute approximate surface area is 130 Å². The van der Waals surface area contributed by atoms with Gasteiger partial charge in [0.1, 0.15) is 11.6 Å². The summed E-state index contributed by atoms with van der Waals surface area (Å²) in [5.74, 6) is 2.14. The van der Waals surface area contributed by atoms with Crippen LogP contribution in [0.2, 0.25) is 0 Å². The second-order valence-corrected chi connectivity index (χ2v) is 7.01. The SMILES string of the molecule is COc1cc(N)ncc1SCc1ccc(C(C)(C)C)cc1. The number of nitrogens with zero attached hydrogens (tertiary/aromatic N) is 1. The van der Waals surface area contributed by atoms with E-state index in [1.807, 2.05) is 0 Å². The lowest BCUT2D eigenvalue weighted by Crippen LogP contribution is -2.10. The first-order valence-corrected chi connectivity index (χ1v) is 7.90. The zero-order valence-electron chi connectivity index (χ0n) is 13.0. The van der Waals surface area contributed by atoms with Gasteiger partial charge in [0, 0.05) is 18.0 Å². The van der Waals surface area contributed by atoms with Gasteiger partial charge in [-0.15, -0.1) is 11.8 Å². The van der Waals surface area contributed by atoms with Gasteiger partial charge in [-0.3, -0.25) is 0 Å². The number of nitrogen functional groups attached to an aromatic ring is 1. The lowest BCUT2D eigenvalue weighted by atomic mass is 9.87. The van der Waals surface area contributed by atoms with E-state index in [4.69, 9.17) is 10.5 Å². The second kappa shape index (κ2) is 6.39. The Kier molecular flexibility index (Phi) is 4.78. The highest BCUT2D eigenvalue weighted by molar-refractivity contribution is 7.98. The van der Waals surface area contributed by atoms with E-state index in [9.17, 15) is 0 Å². The van der Waals surface area contributed by atoms with E-state index in [1.165, 1.54) is 11.1 Å². The first kappa shape index (κ1) is 15.7. The average molecular weight is 302 g/mol. The molecule has 0 fully saturated rings. The van der Waals surface area contributed by atoms with Crippen LogP contribution < -0.4 is 10.5 Å². The van der Waals surface area contributed by atoms with Crippen molar-refractivity contribution in [1.29, 1.82) is 0 Å². The van der Waals surface area contributed by atoms with Gasteiger partial charge in [0.05, 0.1) is 12.0 Å². The number of nitrogens with two attached hydrogens (primary N) is 1. The van der Waals surface area contributed by atoms with Gasteiger partial charge in [0.25, 0.3) is 0 Å². The Morgan fingerprint density at radius 3 is 2.43 bits per heavy atom. The van der Waals surface area contributed by atoms with Crippen molar-refractivity contribution in [2.24, 2.45) is 0 Å². The van der Waals surface area contributed by atoms with E-state index in [0.29, 0.717) is 5.82 Å². The smallest absolute Gasteiger partial charge is 0.137 e. The monoisotopic (exact) mass is 302 g/mol. The lowest BCUT2D eigenvalue weighted by Gasteiger charge is -2.19. The summed E-state index contributed by atoms with van der Waals surface area (Å²) < 4.78 is 5.34. The molecule has 0 unspecified atom stereocenters. The normalized spacial score (nSPS) is 11.4. The molecule has 3 nitrogen and oxygen atoms in total. The second-order valence-electron chi connectivity index (χ2n) is 6.00. The number of methoxy groups -OCH3 is 1. The molecule has 0 saturated carbocycles. The molecule has 0 bridgehead atoms. The number of hydrogen-bond donors (Lipinski definition) is 1. The van der Waals surface area contributed by atoms with Gasteiger partial charge in [0.2, 0.25) is 0 Å². The van der Waals surface area contributed by atoms with E-state index in [0.717, 1.165) is 16.4 Å². The molecule has 0 radical (unpaired) electrons. The van der Waals surface area contributed by atoms with Gasteiger partial charge >= 0.3 is 0 Å². The Balaban J connectivity index is 2.07. The molecule has 0 aliphatic carbocycles. The number of ether oxygens (including phenoxy) is 1. The van der Waals surface area contributed by atoms with Crippen LogP contribution in [0.3, 0.4) is 0 Å². The van der Waals surface area contributed by atoms with E-state index in [2.05, 4.69) is 50.0 Å². The summed E-state index contributed by atoms with van der Waals surface area (Å²) >= 11 is 1.70. The van der Waals surface area contributed by atoms with Crippen molar-refractivity contribution < 1.29 is 4.74 Å². The summed E-state index contributed by atoms with van der Waals surface area (Å²) in [5, 5.41) is 0. The van der Waals surface area contributed by atoms with E-state index >= 15 is 0 Å². The minimum Gasteiger partial charge on any atom is -0.495 e. The fourth-order valence-corrected chi connectivity index (χ4v) is 2.90. The zero-order valence-corrected chi connectivity index (χ0v) is 13.8. The number of anilines is 1. The molecule has 1 aromatic carbocycles. The topological polar surface area (TPSA) is 48.1 Å². The average Bonchev–Trinajstić information content (AvgIpc) is 2.45. The van der Waals surface area contributed by atoms with Gasteiger partial charge in [-0.1, -0.05) is 45.0 Å². The number of thioether (sulfide) groups is 1. The maximum absolute atomic E-state index is 5.67. The summed E-state index contributed by atoms with van der Waals surface area (Å²) in [6.45, 7) is 6.67. The quantitative estimate of drug-likeness (QED) is 0.857. The van der Waals surface area contributed by atoms with E-state index in [1.54, 1.807) is 31.1 Å². The van der Waals surface area contributed by atoms with Crippen LogP contribution in [-0.2, 0) is 11.2 Å². The third-order valence-corrected chi connectivity index (χ3v) is 4.38. The molecule has 1 aromatic heterocycles. The van der Waals surface area contributed by atoms with Crippen LogP contribution in [0.5, 0.6) is 5.75 Å². The zero-order chi connectivity index (χ0) is 15.5. The highest BCUT2D eigenvalue weighted by atomic mass is 32.2. The first-order chi connectivity index (χ1) is 9.90. The fraction of sp³-hybridized carbons (Fsp3) is 0.353. The molecule has 21 heavy (non-hydrogen) atoms.